The lowest BCUT2D eigenvalue weighted by Crippen LogP contribution is -2.37. The maximum atomic E-state index is 12.3. The molecule has 0 fully saturated rings. The van der Waals surface area contributed by atoms with Gasteiger partial charge in [-0.2, -0.15) is 0 Å². The van der Waals surface area contributed by atoms with Crippen LogP contribution < -0.4 is 14.8 Å². The highest BCUT2D eigenvalue weighted by molar-refractivity contribution is 9.11. The minimum absolute atomic E-state index is 0.0190. The van der Waals surface area contributed by atoms with E-state index >= 15 is 0 Å². The van der Waals surface area contributed by atoms with Gasteiger partial charge in [-0.3, -0.25) is 0 Å². The number of nitrogens with one attached hydrogen (secondary N) is 1. The minimum atomic E-state index is -0.731. The first-order chi connectivity index (χ1) is 29.2. The van der Waals surface area contributed by atoms with Crippen molar-refractivity contribution < 1.29 is 33.6 Å². The third-order valence-electron chi connectivity index (χ3n) is 8.47. The van der Waals surface area contributed by atoms with Gasteiger partial charge in [0, 0.05) is 34.1 Å². The number of nitrogens with zero attached hydrogens (tertiary/aromatic N) is 2. The third-order valence-corrected chi connectivity index (χ3v) is 10.1. The number of likely N-dealkylation sites (N-methyl/N-ethyl adjacent to an activating group) is 3. The molecule has 2 N–H and O–H groups in total. The third kappa shape index (κ3) is 20.2. The van der Waals surface area contributed by atoms with Gasteiger partial charge in [0.25, 0.3) is 0 Å². The molecule has 3 unspecified atom stereocenters. The Bertz CT molecular complexity index is 2040. The summed E-state index contributed by atoms with van der Waals surface area (Å²) in [6.07, 6.45) is -1.82. The molecule has 5 aromatic rings. The van der Waals surface area contributed by atoms with Crippen molar-refractivity contribution in [2.24, 2.45) is 0 Å². The summed E-state index contributed by atoms with van der Waals surface area (Å²) in [6, 6.07) is 42.9. The van der Waals surface area contributed by atoms with E-state index in [0.29, 0.717) is 6.54 Å². The average Bonchev–Trinajstić information content (AvgIpc) is 3.21. The number of rotatable bonds is 13. The Hall–Kier alpha value is -4.40. The van der Waals surface area contributed by atoms with Crippen molar-refractivity contribution in [2.45, 2.75) is 71.1 Å². The molecule has 62 heavy (non-hydrogen) atoms. The van der Waals surface area contributed by atoms with E-state index in [1.807, 2.05) is 170 Å². The van der Waals surface area contributed by atoms with Crippen molar-refractivity contribution in [1.82, 2.24) is 15.1 Å². The zero-order chi connectivity index (χ0) is 45.9. The number of carbonyl (C=O) groups is 2. The topological polar surface area (TPSA) is 110 Å². The summed E-state index contributed by atoms with van der Waals surface area (Å²) in [7, 11) is 5.25. The number of aliphatic hydroxyl groups excluding tert-OH is 1. The van der Waals surface area contributed by atoms with E-state index in [1.54, 1.807) is 19.0 Å². The molecule has 0 saturated heterocycles. The Balaban J connectivity index is 0.000000252. The number of carbonyl (C=O) groups excluding carboxylic acids is 2. The Labute approximate surface area is 393 Å². The lowest BCUT2D eigenvalue weighted by molar-refractivity contribution is 0.0203. The monoisotopic (exact) mass is 1040 g/mol. The van der Waals surface area contributed by atoms with Crippen molar-refractivity contribution >= 4 is 60.0 Å². The highest BCUT2D eigenvalue weighted by Gasteiger charge is 2.25. The summed E-state index contributed by atoms with van der Waals surface area (Å²) in [5.74, 6) is 1.65. The number of amides is 2. The molecule has 0 aliphatic rings. The highest BCUT2D eigenvalue weighted by atomic mass is 79.9. The molecule has 0 radical (unpaired) electrons. The maximum absolute atomic E-state index is 12.3. The fraction of sp³-hybridized carbons (Fsp3) is 0.347. The number of para-hydroxylation sites is 2. The standard InChI is InChI=1S/C20H24BrNO3.C15H16BrNO.C14H20BrNO3/c1-20(2,3)25-19(23)22(4)14-18(15-10-12-16(21)13-11-15)24-17-8-6-5-7-9-17;1-17-11-15(12-7-9-13(16)10-8-12)18-14-5-3-2-4-6-14;1-14(2,3)19-13(18)16(4)9-12(17)10-5-7-11(15)8-6-10/h5-13,18H,14H2,1-4H3;2-10,15,17H,11H2,1H3;5-8,12,17H,9H2,1-4H3. The van der Waals surface area contributed by atoms with Gasteiger partial charge in [-0.05, 0) is 126 Å². The number of aliphatic hydroxyl groups is 1. The molecule has 5 aromatic carbocycles. The molecule has 0 saturated carbocycles. The first-order valence-corrected chi connectivity index (χ1v) is 22.5. The fourth-order valence-electron chi connectivity index (χ4n) is 5.43. The summed E-state index contributed by atoms with van der Waals surface area (Å²) in [5, 5.41) is 13.2. The Morgan fingerprint density at radius 3 is 1.26 bits per heavy atom. The Morgan fingerprint density at radius 2 is 0.887 bits per heavy atom. The SMILES string of the molecule is CN(CC(O)c1ccc(Br)cc1)C(=O)OC(C)(C)C.CN(CC(Oc1ccccc1)c1ccc(Br)cc1)C(=O)OC(C)(C)C.CNCC(Oc1ccccc1)c1ccc(Br)cc1. The van der Waals surface area contributed by atoms with Gasteiger partial charge < -0.3 is 39.2 Å². The lowest BCUT2D eigenvalue weighted by atomic mass is 10.1. The van der Waals surface area contributed by atoms with E-state index in [-0.39, 0.29) is 24.8 Å². The van der Waals surface area contributed by atoms with E-state index < -0.39 is 23.4 Å². The predicted molar refractivity (Wildman–Crippen MR) is 259 cm³/mol. The number of halogens is 3. The van der Waals surface area contributed by atoms with Crippen LogP contribution in [0.15, 0.2) is 147 Å². The smallest absolute Gasteiger partial charge is 0.410 e. The molecule has 334 valence electrons. The van der Waals surface area contributed by atoms with Crippen molar-refractivity contribution in [2.75, 3.05) is 40.8 Å². The maximum Gasteiger partial charge on any atom is 0.410 e. The van der Waals surface area contributed by atoms with E-state index in [0.717, 1.165) is 48.2 Å². The van der Waals surface area contributed by atoms with Gasteiger partial charge in [-0.25, -0.2) is 9.59 Å². The van der Waals surface area contributed by atoms with Crippen LogP contribution in [0.2, 0.25) is 0 Å². The van der Waals surface area contributed by atoms with Gasteiger partial charge in [0.15, 0.2) is 0 Å². The van der Waals surface area contributed by atoms with E-state index in [9.17, 15) is 14.7 Å². The van der Waals surface area contributed by atoms with Crippen molar-refractivity contribution in [1.29, 1.82) is 0 Å². The fourth-order valence-corrected chi connectivity index (χ4v) is 6.23. The molecule has 5 rings (SSSR count). The van der Waals surface area contributed by atoms with Crippen LogP contribution in [0.25, 0.3) is 0 Å². The van der Waals surface area contributed by atoms with Crippen LogP contribution in [0.5, 0.6) is 11.5 Å². The first-order valence-electron chi connectivity index (χ1n) is 20.1. The van der Waals surface area contributed by atoms with Gasteiger partial charge in [0.2, 0.25) is 0 Å². The van der Waals surface area contributed by atoms with Crippen LogP contribution in [0.1, 0.15) is 76.5 Å². The number of hydrogen-bond acceptors (Lipinski definition) is 8. The number of hydrogen-bond donors (Lipinski definition) is 2. The largest absolute Gasteiger partial charge is 0.484 e. The van der Waals surface area contributed by atoms with Crippen molar-refractivity contribution in [3.05, 3.63) is 164 Å². The second-order valence-corrected chi connectivity index (χ2v) is 19.0. The molecule has 0 spiro atoms. The predicted octanol–water partition coefficient (Wildman–Crippen LogP) is 12.6. The Kier molecular flexibility index (Phi) is 21.5. The summed E-state index contributed by atoms with van der Waals surface area (Å²) in [4.78, 5) is 27.0. The van der Waals surface area contributed by atoms with Gasteiger partial charge in [-0.1, -0.05) is 121 Å². The van der Waals surface area contributed by atoms with Gasteiger partial charge in [0.05, 0.1) is 19.2 Å². The molecule has 3 atom stereocenters. The average molecular weight is 1040 g/mol. The van der Waals surface area contributed by atoms with Crippen LogP contribution >= 0.6 is 47.8 Å². The van der Waals surface area contributed by atoms with E-state index in [1.165, 1.54) is 4.90 Å². The molecular weight excluding hydrogens is 982 g/mol. The molecule has 0 heterocycles. The molecule has 13 heteroatoms. The van der Waals surface area contributed by atoms with Crippen LogP contribution in [0, 0.1) is 0 Å². The van der Waals surface area contributed by atoms with Gasteiger partial charge in [0.1, 0.15) is 34.9 Å². The molecule has 0 aliphatic heterocycles. The van der Waals surface area contributed by atoms with Crippen LogP contribution in [0.3, 0.4) is 0 Å². The molecule has 0 bridgehead atoms. The lowest BCUT2D eigenvalue weighted by Gasteiger charge is -2.28. The second kappa shape index (κ2) is 25.6. The molecule has 10 nitrogen and oxygen atoms in total. The molecule has 0 aromatic heterocycles. The molecule has 2 amide bonds. The minimum Gasteiger partial charge on any atom is -0.484 e. The van der Waals surface area contributed by atoms with Crippen LogP contribution in [-0.2, 0) is 9.47 Å². The van der Waals surface area contributed by atoms with Gasteiger partial charge >= 0.3 is 12.2 Å². The summed E-state index contributed by atoms with van der Waals surface area (Å²) in [6.45, 7) is 12.3. The van der Waals surface area contributed by atoms with E-state index in [4.69, 9.17) is 18.9 Å². The van der Waals surface area contributed by atoms with Crippen LogP contribution in [0.4, 0.5) is 9.59 Å². The van der Waals surface area contributed by atoms with Crippen molar-refractivity contribution in [3.8, 4) is 11.5 Å². The quantitative estimate of drug-likeness (QED) is 0.120. The number of ether oxygens (including phenoxy) is 4. The molecule has 0 aliphatic carbocycles. The summed E-state index contributed by atoms with van der Waals surface area (Å²) in [5.41, 5.74) is 1.85. The van der Waals surface area contributed by atoms with Gasteiger partial charge in [-0.15, -0.1) is 0 Å². The summed E-state index contributed by atoms with van der Waals surface area (Å²) < 4.78 is 25.8. The Morgan fingerprint density at radius 1 is 0.548 bits per heavy atom. The zero-order valence-corrected chi connectivity index (χ0v) is 41.7. The van der Waals surface area contributed by atoms with E-state index in [2.05, 4.69) is 65.2 Å². The van der Waals surface area contributed by atoms with Crippen LogP contribution in [-0.4, -0.2) is 79.1 Å². The number of benzene rings is 5. The normalized spacial score (nSPS) is 12.5. The highest BCUT2D eigenvalue weighted by Crippen LogP contribution is 2.26. The second-order valence-electron chi connectivity index (χ2n) is 16.3. The summed E-state index contributed by atoms with van der Waals surface area (Å²) >= 11 is 10.2. The zero-order valence-electron chi connectivity index (χ0n) is 37.0. The molecular formula is C49H60Br3N3O7. The van der Waals surface area contributed by atoms with Crippen molar-refractivity contribution in [3.63, 3.8) is 0 Å². The first kappa shape index (κ1) is 51.9.